The van der Waals surface area contributed by atoms with Crippen molar-refractivity contribution >= 4 is 17.6 Å². The highest BCUT2D eigenvalue weighted by molar-refractivity contribution is 5.94. The minimum Gasteiger partial charge on any atom is -0.481 e. The first kappa shape index (κ1) is 14.9. The molecule has 0 aromatic heterocycles. The summed E-state index contributed by atoms with van der Waals surface area (Å²) in [6.07, 6.45) is 1.75. The molecule has 112 valence electrons. The molecule has 1 fully saturated rings. The third kappa shape index (κ3) is 2.83. The number of hydrogen-bond donors (Lipinski definition) is 2. The van der Waals surface area contributed by atoms with Crippen LogP contribution in [0.25, 0.3) is 0 Å². The Bertz CT molecular complexity index is 613. The van der Waals surface area contributed by atoms with Crippen molar-refractivity contribution in [1.29, 1.82) is 0 Å². The summed E-state index contributed by atoms with van der Waals surface area (Å²) < 4.78 is 13.4. The Labute approximate surface area is 118 Å². The molecule has 1 aromatic rings. The number of nitro groups is 1. The third-order valence-corrected chi connectivity index (χ3v) is 3.76. The van der Waals surface area contributed by atoms with Crippen molar-refractivity contribution < 1.29 is 24.0 Å². The first-order valence-electron chi connectivity index (χ1n) is 6.31. The fourth-order valence-corrected chi connectivity index (χ4v) is 2.22. The van der Waals surface area contributed by atoms with Gasteiger partial charge < -0.3 is 10.4 Å². The van der Waals surface area contributed by atoms with Crippen molar-refractivity contribution in [3.05, 3.63) is 39.7 Å². The minimum absolute atomic E-state index is 0.0419. The minimum atomic E-state index is -1.11. The zero-order valence-electron chi connectivity index (χ0n) is 11.0. The van der Waals surface area contributed by atoms with Gasteiger partial charge in [-0.3, -0.25) is 19.7 Å². The number of aliphatic carboxylic acids is 1. The fourth-order valence-electron chi connectivity index (χ4n) is 2.22. The number of carbonyl (C=O) groups excluding carboxylic acids is 1. The van der Waals surface area contributed by atoms with E-state index in [9.17, 15) is 24.1 Å². The van der Waals surface area contributed by atoms with Crippen molar-refractivity contribution in [1.82, 2.24) is 5.32 Å². The van der Waals surface area contributed by atoms with E-state index in [4.69, 9.17) is 5.11 Å². The molecule has 0 bridgehead atoms. The number of benzene rings is 1. The summed E-state index contributed by atoms with van der Waals surface area (Å²) in [5.41, 5.74) is -1.75. The highest BCUT2D eigenvalue weighted by Gasteiger charge is 2.44. The van der Waals surface area contributed by atoms with Gasteiger partial charge in [-0.2, -0.15) is 4.39 Å². The van der Waals surface area contributed by atoms with Crippen LogP contribution in [0.1, 0.15) is 29.6 Å². The molecule has 0 heterocycles. The van der Waals surface area contributed by atoms with E-state index in [1.54, 1.807) is 0 Å². The van der Waals surface area contributed by atoms with Gasteiger partial charge in [-0.15, -0.1) is 0 Å². The normalized spacial score (nSPS) is 15.9. The maximum atomic E-state index is 13.4. The second-order valence-electron chi connectivity index (χ2n) is 5.05. The van der Waals surface area contributed by atoms with E-state index < -0.39 is 33.7 Å². The van der Waals surface area contributed by atoms with Crippen LogP contribution in [-0.2, 0) is 4.79 Å². The molecule has 1 saturated carbocycles. The number of carbonyl (C=O) groups is 2. The van der Waals surface area contributed by atoms with Crippen molar-refractivity contribution in [3.63, 3.8) is 0 Å². The van der Waals surface area contributed by atoms with Gasteiger partial charge in [-0.1, -0.05) is 6.42 Å². The summed E-state index contributed by atoms with van der Waals surface area (Å²) in [7, 11) is 0. The molecule has 0 atom stereocenters. The second kappa shape index (κ2) is 5.47. The summed E-state index contributed by atoms with van der Waals surface area (Å²) in [5.74, 6) is -2.73. The molecule has 0 saturated heterocycles. The van der Waals surface area contributed by atoms with Crippen LogP contribution in [0.2, 0.25) is 0 Å². The van der Waals surface area contributed by atoms with Gasteiger partial charge in [-0.05, 0) is 25.0 Å². The molecule has 8 heteroatoms. The largest absolute Gasteiger partial charge is 0.481 e. The van der Waals surface area contributed by atoms with E-state index in [0.717, 1.165) is 24.6 Å². The zero-order valence-corrected chi connectivity index (χ0v) is 11.0. The van der Waals surface area contributed by atoms with Gasteiger partial charge in [-0.25, -0.2) is 0 Å². The van der Waals surface area contributed by atoms with Crippen LogP contribution in [-0.4, -0.2) is 28.5 Å². The monoisotopic (exact) mass is 296 g/mol. The smallest absolute Gasteiger partial charge is 0.311 e. The van der Waals surface area contributed by atoms with Gasteiger partial charge in [0.2, 0.25) is 5.82 Å². The van der Waals surface area contributed by atoms with Gasteiger partial charge >= 0.3 is 11.7 Å². The van der Waals surface area contributed by atoms with Crippen LogP contribution in [0.5, 0.6) is 0 Å². The maximum absolute atomic E-state index is 13.4. The van der Waals surface area contributed by atoms with Gasteiger partial charge in [0.05, 0.1) is 10.3 Å². The van der Waals surface area contributed by atoms with Gasteiger partial charge in [0.25, 0.3) is 5.91 Å². The summed E-state index contributed by atoms with van der Waals surface area (Å²) in [4.78, 5) is 32.6. The highest BCUT2D eigenvalue weighted by Crippen LogP contribution is 2.40. The third-order valence-electron chi connectivity index (χ3n) is 3.76. The lowest BCUT2D eigenvalue weighted by molar-refractivity contribution is -0.387. The number of halogens is 1. The van der Waals surface area contributed by atoms with Gasteiger partial charge in [0.15, 0.2) is 0 Å². The maximum Gasteiger partial charge on any atom is 0.311 e. The molecule has 2 N–H and O–H groups in total. The molecule has 1 amide bonds. The Morgan fingerprint density at radius 3 is 2.52 bits per heavy atom. The van der Waals surface area contributed by atoms with Crippen LogP contribution in [0.3, 0.4) is 0 Å². The number of hydrogen-bond acceptors (Lipinski definition) is 4. The van der Waals surface area contributed by atoms with Crippen LogP contribution in [0, 0.1) is 21.3 Å². The number of nitrogens with one attached hydrogen (secondary N) is 1. The molecule has 0 aliphatic heterocycles. The van der Waals surface area contributed by atoms with Gasteiger partial charge in [0, 0.05) is 18.2 Å². The highest BCUT2D eigenvalue weighted by atomic mass is 19.1. The molecule has 7 nitrogen and oxygen atoms in total. The van der Waals surface area contributed by atoms with E-state index in [0.29, 0.717) is 12.8 Å². The zero-order chi connectivity index (χ0) is 15.6. The van der Waals surface area contributed by atoms with E-state index in [1.165, 1.54) is 0 Å². The van der Waals surface area contributed by atoms with Crippen LogP contribution in [0.15, 0.2) is 18.2 Å². The lowest BCUT2D eigenvalue weighted by Gasteiger charge is -2.37. The average Bonchev–Trinajstić information content (AvgIpc) is 2.36. The summed E-state index contributed by atoms with van der Waals surface area (Å²) in [5, 5.41) is 22.0. The number of carboxylic acid groups (broad SMARTS) is 1. The molecular formula is C13H13FN2O5. The predicted octanol–water partition coefficient (Wildman–Crippen LogP) is 1.72. The van der Waals surface area contributed by atoms with E-state index in [2.05, 4.69) is 5.32 Å². The number of carboxylic acids is 1. The molecule has 1 aliphatic rings. The van der Waals surface area contributed by atoms with E-state index in [1.807, 2.05) is 0 Å². The summed E-state index contributed by atoms with van der Waals surface area (Å²) in [6.45, 7) is -0.0419. The quantitative estimate of drug-likeness (QED) is 0.635. The SMILES string of the molecule is O=C(NCC1(C(=O)O)CCC1)c1ccc([N+](=O)[O-])c(F)c1. The van der Waals surface area contributed by atoms with Crippen molar-refractivity contribution in [3.8, 4) is 0 Å². The lowest BCUT2D eigenvalue weighted by atomic mass is 9.69. The van der Waals surface area contributed by atoms with Crippen LogP contribution >= 0.6 is 0 Å². The summed E-state index contributed by atoms with van der Waals surface area (Å²) in [6, 6.07) is 2.80. The first-order chi connectivity index (χ1) is 9.85. The number of nitro benzene ring substituents is 1. The molecule has 0 radical (unpaired) electrons. The molecule has 21 heavy (non-hydrogen) atoms. The average molecular weight is 296 g/mol. The lowest BCUT2D eigenvalue weighted by Crippen LogP contribution is -2.47. The molecule has 1 aromatic carbocycles. The first-order valence-corrected chi connectivity index (χ1v) is 6.31. The Kier molecular flexibility index (Phi) is 3.88. The van der Waals surface area contributed by atoms with Crippen LogP contribution < -0.4 is 5.32 Å². The topological polar surface area (TPSA) is 110 Å². The Morgan fingerprint density at radius 1 is 1.43 bits per heavy atom. The molecule has 0 unspecified atom stereocenters. The molecule has 2 rings (SSSR count). The van der Waals surface area contributed by atoms with E-state index >= 15 is 0 Å². The second-order valence-corrected chi connectivity index (χ2v) is 5.05. The van der Waals surface area contributed by atoms with Crippen molar-refractivity contribution in [2.24, 2.45) is 5.41 Å². The van der Waals surface area contributed by atoms with Crippen molar-refractivity contribution in [2.75, 3.05) is 6.54 Å². The molecule has 0 spiro atoms. The molecule has 1 aliphatic carbocycles. The Balaban J connectivity index is 2.06. The number of amides is 1. The Morgan fingerprint density at radius 2 is 2.10 bits per heavy atom. The van der Waals surface area contributed by atoms with E-state index in [-0.39, 0.29) is 12.1 Å². The summed E-state index contributed by atoms with van der Waals surface area (Å²) >= 11 is 0. The number of rotatable bonds is 5. The Hall–Kier alpha value is -2.51. The fraction of sp³-hybridized carbons (Fsp3) is 0.385. The molecular weight excluding hydrogens is 283 g/mol. The van der Waals surface area contributed by atoms with Crippen molar-refractivity contribution in [2.45, 2.75) is 19.3 Å². The van der Waals surface area contributed by atoms with Gasteiger partial charge in [0.1, 0.15) is 0 Å². The predicted molar refractivity (Wildman–Crippen MR) is 69.3 cm³/mol. The van der Waals surface area contributed by atoms with Crippen LogP contribution in [0.4, 0.5) is 10.1 Å². The number of nitrogens with zero attached hydrogens (tertiary/aromatic N) is 1. The standard InChI is InChI=1S/C13H13FN2O5/c14-9-6-8(2-3-10(9)16(20)21)11(17)15-7-13(12(18)19)4-1-5-13/h2-3,6H,1,4-5,7H2,(H,15,17)(H,18,19).